The van der Waals surface area contributed by atoms with Gasteiger partial charge in [-0.3, -0.25) is 0 Å². The molecule has 0 amide bonds. The lowest BCUT2D eigenvalue weighted by atomic mass is 9.92. The highest BCUT2D eigenvalue weighted by Gasteiger charge is 2.24. The second kappa shape index (κ2) is 6.40. The van der Waals surface area contributed by atoms with Crippen molar-refractivity contribution in [1.82, 2.24) is 5.32 Å². The first kappa shape index (κ1) is 15.0. The molecule has 1 aromatic rings. The Balaban J connectivity index is 2.11. The minimum atomic E-state index is -0.460. The average Bonchev–Trinajstić information content (AvgIpc) is 2.34. The SMILES string of the molecule is CC(NC1CCCC(O)C1)c1c(Cl)ccc(F)c1Cl. The molecular weight excluding hydrogens is 288 g/mol. The van der Waals surface area contributed by atoms with Crippen LogP contribution in [-0.2, 0) is 0 Å². The molecule has 0 spiro atoms. The fourth-order valence-corrected chi connectivity index (χ4v) is 3.39. The minimum Gasteiger partial charge on any atom is -0.393 e. The smallest absolute Gasteiger partial charge is 0.142 e. The highest BCUT2D eigenvalue weighted by atomic mass is 35.5. The Hall–Kier alpha value is -0.350. The second-order valence-electron chi connectivity index (χ2n) is 5.16. The van der Waals surface area contributed by atoms with Crippen LogP contribution < -0.4 is 5.32 Å². The summed E-state index contributed by atoms with van der Waals surface area (Å²) in [5, 5.41) is 13.6. The van der Waals surface area contributed by atoms with E-state index in [0.29, 0.717) is 10.6 Å². The lowest BCUT2D eigenvalue weighted by Gasteiger charge is -2.30. The van der Waals surface area contributed by atoms with Gasteiger partial charge in [-0.05, 0) is 44.7 Å². The summed E-state index contributed by atoms with van der Waals surface area (Å²) in [5.41, 5.74) is 0.586. The van der Waals surface area contributed by atoms with Crippen molar-refractivity contribution in [2.45, 2.75) is 50.8 Å². The molecule has 0 saturated heterocycles. The van der Waals surface area contributed by atoms with Gasteiger partial charge in [0.05, 0.1) is 11.1 Å². The molecule has 0 heterocycles. The molecule has 2 N–H and O–H groups in total. The van der Waals surface area contributed by atoms with E-state index < -0.39 is 5.82 Å². The molecule has 3 atom stereocenters. The zero-order valence-corrected chi connectivity index (χ0v) is 12.3. The van der Waals surface area contributed by atoms with Gasteiger partial charge in [-0.1, -0.05) is 23.2 Å². The van der Waals surface area contributed by atoms with Gasteiger partial charge in [0, 0.05) is 22.7 Å². The zero-order valence-electron chi connectivity index (χ0n) is 10.8. The monoisotopic (exact) mass is 305 g/mol. The maximum Gasteiger partial charge on any atom is 0.142 e. The highest BCUT2D eigenvalue weighted by Crippen LogP contribution is 2.33. The Morgan fingerprint density at radius 1 is 1.37 bits per heavy atom. The van der Waals surface area contributed by atoms with Crippen LogP contribution in [0, 0.1) is 5.82 Å². The molecule has 0 bridgehead atoms. The number of aliphatic hydroxyl groups excluding tert-OH is 1. The van der Waals surface area contributed by atoms with Crippen molar-refractivity contribution >= 4 is 23.2 Å². The first-order valence-electron chi connectivity index (χ1n) is 6.56. The summed E-state index contributed by atoms with van der Waals surface area (Å²) in [6.45, 7) is 1.91. The van der Waals surface area contributed by atoms with Crippen LogP contribution in [0.1, 0.15) is 44.2 Å². The van der Waals surface area contributed by atoms with E-state index in [1.165, 1.54) is 12.1 Å². The van der Waals surface area contributed by atoms with E-state index in [0.717, 1.165) is 25.7 Å². The third kappa shape index (κ3) is 3.60. The van der Waals surface area contributed by atoms with Gasteiger partial charge in [0.2, 0.25) is 0 Å². The summed E-state index contributed by atoms with van der Waals surface area (Å²) >= 11 is 12.1. The number of aliphatic hydroxyl groups is 1. The number of rotatable bonds is 3. The maximum absolute atomic E-state index is 13.5. The molecule has 5 heteroatoms. The van der Waals surface area contributed by atoms with Crippen molar-refractivity contribution in [2.24, 2.45) is 0 Å². The summed E-state index contributed by atoms with van der Waals surface area (Å²) in [4.78, 5) is 0. The largest absolute Gasteiger partial charge is 0.393 e. The summed E-state index contributed by atoms with van der Waals surface area (Å²) < 4.78 is 13.5. The molecule has 2 nitrogen and oxygen atoms in total. The van der Waals surface area contributed by atoms with Gasteiger partial charge in [0.1, 0.15) is 5.82 Å². The van der Waals surface area contributed by atoms with Crippen molar-refractivity contribution in [2.75, 3.05) is 0 Å². The molecule has 19 heavy (non-hydrogen) atoms. The Morgan fingerprint density at radius 3 is 2.79 bits per heavy atom. The van der Waals surface area contributed by atoms with Crippen molar-refractivity contribution in [1.29, 1.82) is 0 Å². The Morgan fingerprint density at radius 2 is 2.11 bits per heavy atom. The molecule has 1 aliphatic carbocycles. The van der Waals surface area contributed by atoms with Gasteiger partial charge in [0.25, 0.3) is 0 Å². The Bertz CT molecular complexity index is 455. The quantitative estimate of drug-likeness (QED) is 0.825. The topological polar surface area (TPSA) is 32.3 Å². The molecular formula is C14H18Cl2FNO. The molecule has 1 saturated carbocycles. The Kier molecular flexibility index (Phi) is 5.07. The van der Waals surface area contributed by atoms with Crippen molar-refractivity contribution in [3.05, 3.63) is 33.6 Å². The predicted octanol–water partition coefficient (Wildman–Crippen LogP) is 4.09. The van der Waals surface area contributed by atoms with Crippen LogP contribution in [0.4, 0.5) is 4.39 Å². The average molecular weight is 306 g/mol. The zero-order chi connectivity index (χ0) is 14.0. The fourth-order valence-electron chi connectivity index (χ4n) is 2.69. The molecule has 0 radical (unpaired) electrons. The number of hydrogen-bond acceptors (Lipinski definition) is 2. The standard InChI is InChI=1S/C14H18Cl2FNO/c1-8(18-9-3-2-4-10(19)7-9)13-11(15)5-6-12(17)14(13)16/h5-6,8-10,18-19H,2-4,7H2,1H3. The molecule has 0 aliphatic heterocycles. The Labute approximate surface area is 122 Å². The first-order chi connectivity index (χ1) is 8.99. The number of benzene rings is 1. The van der Waals surface area contributed by atoms with E-state index in [4.69, 9.17) is 23.2 Å². The van der Waals surface area contributed by atoms with Gasteiger partial charge in [-0.2, -0.15) is 0 Å². The van der Waals surface area contributed by atoms with Crippen LogP contribution in [0.2, 0.25) is 10.0 Å². The van der Waals surface area contributed by atoms with Gasteiger partial charge in [-0.25, -0.2) is 4.39 Å². The van der Waals surface area contributed by atoms with E-state index in [9.17, 15) is 9.50 Å². The number of halogens is 3. The van der Waals surface area contributed by atoms with Crippen LogP contribution in [0.3, 0.4) is 0 Å². The van der Waals surface area contributed by atoms with Crippen LogP contribution in [-0.4, -0.2) is 17.3 Å². The molecule has 2 rings (SSSR count). The molecule has 1 fully saturated rings. The molecule has 1 aliphatic rings. The van der Waals surface area contributed by atoms with Crippen molar-refractivity contribution < 1.29 is 9.50 Å². The molecule has 1 aromatic carbocycles. The van der Waals surface area contributed by atoms with Crippen molar-refractivity contribution in [3.8, 4) is 0 Å². The molecule has 0 aromatic heterocycles. The molecule has 106 valence electrons. The van der Waals surface area contributed by atoms with Gasteiger partial charge in [0.15, 0.2) is 0 Å². The second-order valence-corrected chi connectivity index (χ2v) is 5.95. The van der Waals surface area contributed by atoms with E-state index in [1.54, 1.807) is 0 Å². The van der Waals surface area contributed by atoms with Crippen LogP contribution in [0.5, 0.6) is 0 Å². The van der Waals surface area contributed by atoms with Gasteiger partial charge < -0.3 is 10.4 Å². The summed E-state index contributed by atoms with van der Waals surface area (Å²) in [7, 11) is 0. The fraction of sp³-hybridized carbons (Fsp3) is 0.571. The van der Waals surface area contributed by atoms with Gasteiger partial charge in [-0.15, -0.1) is 0 Å². The number of hydrogen-bond donors (Lipinski definition) is 2. The number of nitrogens with one attached hydrogen (secondary N) is 1. The third-order valence-electron chi connectivity index (χ3n) is 3.64. The van der Waals surface area contributed by atoms with Crippen LogP contribution in [0.15, 0.2) is 12.1 Å². The van der Waals surface area contributed by atoms with E-state index in [-0.39, 0.29) is 23.2 Å². The first-order valence-corrected chi connectivity index (χ1v) is 7.32. The van der Waals surface area contributed by atoms with E-state index in [2.05, 4.69) is 5.32 Å². The maximum atomic E-state index is 13.5. The molecule has 3 unspecified atom stereocenters. The lowest BCUT2D eigenvalue weighted by molar-refractivity contribution is 0.109. The van der Waals surface area contributed by atoms with Crippen molar-refractivity contribution in [3.63, 3.8) is 0 Å². The summed E-state index contributed by atoms with van der Waals surface area (Å²) in [5.74, 6) is -0.460. The minimum absolute atomic E-state index is 0.0730. The highest BCUT2D eigenvalue weighted by molar-refractivity contribution is 6.36. The van der Waals surface area contributed by atoms with Crippen LogP contribution in [0.25, 0.3) is 0 Å². The summed E-state index contributed by atoms with van der Waals surface area (Å²) in [6, 6.07) is 2.86. The normalized spacial score (nSPS) is 25.3. The lowest BCUT2D eigenvalue weighted by Crippen LogP contribution is -2.37. The predicted molar refractivity (Wildman–Crippen MR) is 76.2 cm³/mol. The van der Waals surface area contributed by atoms with Crippen LogP contribution >= 0.6 is 23.2 Å². The van der Waals surface area contributed by atoms with E-state index in [1.807, 2.05) is 6.92 Å². The summed E-state index contributed by atoms with van der Waals surface area (Å²) in [6.07, 6.45) is 3.32. The van der Waals surface area contributed by atoms with Gasteiger partial charge >= 0.3 is 0 Å². The third-order valence-corrected chi connectivity index (χ3v) is 4.36. The van der Waals surface area contributed by atoms with E-state index >= 15 is 0 Å².